The predicted molar refractivity (Wildman–Crippen MR) is 169 cm³/mol. The first kappa shape index (κ1) is 32.4. The Bertz CT molecular complexity index is 1590. The highest BCUT2D eigenvalue weighted by Gasteiger charge is 2.30. The Labute approximate surface area is 270 Å². The number of rotatable bonds is 9. The fourth-order valence-electron chi connectivity index (χ4n) is 4.43. The third-order valence-electron chi connectivity index (χ3n) is 6.37. The molecular weight excluding hydrogens is 666 g/mol. The van der Waals surface area contributed by atoms with E-state index in [2.05, 4.69) is 10.6 Å². The van der Waals surface area contributed by atoms with Crippen LogP contribution in [-0.4, -0.2) is 40.7 Å². The SMILES string of the molecule is CCOC(=O)c1c(NC(=O)C(C)Sc2cccc(NC(=O)c3c(Cl)c(Cl)c(Cl)c(Cl)c3C(=O)O)c2)sc2c1CCCC2. The van der Waals surface area contributed by atoms with E-state index in [0.29, 0.717) is 21.1 Å². The maximum Gasteiger partial charge on any atom is 0.341 e. The van der Waals surface area contributed by atoms with Crippen molar-refractivity contribution in [3.05, 3.63) is 71.5 Å². The number of esters is 1. The average Bonchev–Trinajstić information content (AvgIpc) is 3.31. The topological polar surface area (TPSA) is 122 Å². The van der Waals surface area contributed by atoms with Gasteiger partial charge >= 0.3 is 11.9 Å². The Kier molecular flexibility index (Phi) is 10.7. The summed E-state index contributed by atoms with van der Waals surface area (Å²) in [5, 5.41) is 13.8. The molecule has 1 heterocycles. The fraction of sp³-hybridized carbons (Fsp3) is 0.286. The van der Waals surface area contributed by atoms with Gasteiger partial charge in [0, 0.05) is 15.5 Å². The first-order valence-electron chi connectivity index (χ1n) is 12.7. The molecule has 1 unspecified atom stereocenters. The molecule has 1 aliphatic rings. The number of carbonyl (C=O) groups is 4. The minimum atomic E-state index is -1.51. The van der Waals surface area contributed by atoms with E-state index in [1.807, 2.05) is 0 Å². The molecule has 0 spiro atoms. The molecule has 14 heteroatoms. The number of aryl methyl sites for hydroxylation is 1. The number of carbonyl (C=O) groups excluding carboxylic acids is 3. The molecule has 0 saturated carbocycles. The van der Waals surface area contributed by atoms with Crippen LogP contribution in [0.25, 0.3) is 0 Å². The maximum absolute atomic E-state index is 13.2. The first-order valence-corrected chi connectivity index (χ1v) is 15.9. The van der Waals surface area contributed by atoms with E-state index in [1.54, 1.807) is 38.1 Å². The molecule has 1 aliphatic carbocycles. The van der Waals surface area contributed by atoms with Crippen LogP contribution < -0.4 is 10.6 Å². The van der Waals surface area contributed by atoms with Crippen LogP contribution in [0.15, 0.2) is 29.2 Å². The number of hydrogen-bond acceptors (Lipinski definition) is 7. The van der Waals surface area contributed by atoms with Crippen molar-refractivity contribution in [3.8, 4) is 0 Å². The van der Waals surface area contributed by atoms with Gasteiger partial charge in [0.2, 0.25) is 5.91 Å². The number of aromatic carboxylic acids is 1. The van der Waals surface area contributed by atoms with E-state index in [1.165, 1.54) is 23.1 Å². The van der Waals surface area contributed by atoms with E-state index in [-0.39, 0.29) is 27.6 Å². The molecule has 0 fully saturated rings. The zero-order chi connectivity index (χ0) is 30.7. The van der Waals surface area contributed by atoms with Crippen LogP contribution in [0.5, 0.6) is 0 Å². The summed E-state index contributed by atoms with van der Waals surface area (Å²) in [5.74, 6) is -3.11. The van der Waals surface area contributed by atoms with Crippen molar-refractivity contribution in [1.82, 2.24) is 0 Å². The largest absolute Gasteiger partial charge is 0.478 e. The van der Waals surface area contributed by atoms with Gasteiger partial charge in [-0.15, -0.1) is 23.1 Å². The standard InChI is InChI=1S/C28H24Cl4N2O6S2/c1-3-40-28(39)17-15-9-4-5-10-16(15)42-26(17)34-24(35)12(2)41-14-8-6-7-13(11-14)33-25(36)18-19(27(37)38)21(30)23(32)22(31)20(18)29/h6-8,11-12H,3-5,9-10H2,1-2H3,(H,33,36)(H,34,35)(H,37,38). The molecule has 1 atom stereocenters. The lowest BCUT2D eigenvalue weighted by atomic mass is 9.95. The number of benzene rings is 2. The highest BCUT2D eigenvalue weighted by molar-refractivity contribution is 8.00. The minimum absolute atomic E-state index is 0.234. The number of halogens is 4. The van der Waals surface area contributed by atoms with Crippen molar-refractivity contribution in [1.29, 1.82) is 0 Å². The Morgan fingerprint density at radius 2 is 1.64 bits per heavy atom. The molecule has 42 heavy (non-hydrogen) atoms. The van der Waals surface area contributed by atoms with Crippen molar-refractivity contribution in [2.45, 2.75) is 49.7 Å². The van der Waals surface area contributed by atoms with Gasteiger partial charge < -0.3 is 20.5 Å². The van der Waals surface area contributed by atoms with Gasteiger partial charge in [-0.05, 0) is 63.3 Å². The van der Waals surface area contributed by atoms with Crippen molar-refractivity contribution in [2.24, 2.45) is 0 Å². The molecule has 2 amide bonds. The van der Waals surface area contributed by atoms with Gasteiger partial charge in [0.05, 0.1) is 48.6 Å². The number of ether oxygens (including phenoxy) is 1. The maximum atomic E-state index is 13.2. The summed E-state index contributed by atoms with van der Waals surface area (Å²) in [6.45, 7) is 3.70. The molecule has 222 valence electrons. The van der Waals surface area contributed by atoms with Crippen LogP contribution in [-0.2, 0) is 22.4 Å². The number of carboxylic acid groups (broad SMARTS) is 1. The van der Waals surface area contributed by atoms with Gasteiger partial charge in [0.1, 0.15) is 5.00 Å². The van der Waals surface area contributed by atoms with Crippen molar-refractivity contribution >= 4 is 104 Å². The van der Waals surface area contributed by atoms with Gasteiger partial charge in [-0.1, -0.05) is 52.5 Å². The van der Waals surface area contributed by atoms with E-state index in [4.69, 9.17) is 51.1 Å². The van der Waals surface area contributed by atoms with Crippen LogP contribution >= 0.6 is 69.5 Å². The van der Waals surface area contributed by atoms with Crippen molar-refractivity contribution < 1.29 is 29.0 Å². The van der Waals surface area contributed by atoms with Crippen LogP contribution in [0.3, 0.4) is 0 Å². The number of amides is 2. The second-order valence-corrected chi connectivity index (χ2v) is 13.2. The summed E-state index contributed by atoms with van der Waals surface area (Å²) in [5.41, 5.74) is 0.682. The molecule has 0 saturated heterocycles. The molecule has 3 aromatic rings. The first-order chi connectivity index (χ1) is 19.9. The third kappa shape index (κ3) is 6.85. The Hall–Kier alpha value is -2.47. The zero-order valence-corrected chi connectivity index (χ0v) is 26.9. The lowest BCUT2D eigenvalue weighted by Gasteiger charge is -2.15. The van der Waals surface area contributed by atoms with Gasteiger partial charge in [-0.2, -0.15) is 0 Å². The lowest BCUT2D eigenvalue weighted by molar-refractivity contribution is -0.115. The minimum Gasteiger partial charge on any atom is -0.478 e. The number of anilines is 2. The summed E-state index contributed by atoms with van der Waals surface area (Å²) < 4.78 is 5.27. The molecule has 0 bridgehead atoms. The predicted octanol–water partition coefficient (Wildman–Crippen LogP) is 8.49. The second-order valence-electron chi connectivity index (χ2n) is 9.18. The summed E-state index contributed by atoms with van der Waals surface area (Å²) in [7, 11) is 0. The molecule has 1 aromatic heterocycles. The summed E-state index contributed by atoms with van der Waals surface area (Å²) in [4.78, 5) is 52.6. The van der Waals surface area contributed by atoms with E-state index < -0.39 is 39.2 Å². The molecule has 3 N–H and O–H groups in total. The molecule has 8 nitrogen and oxygen atoms in total. The van der Waals surface area contributed by atoms with Crippen LogP contribution in [0.2, 0.25) is 20.1 Å². The monoisotopic (exact) mass is 688 g/mol. The van der Waals surface area contributed by atoms with Crippen molar-refractivity contribution in [2.75, 3.05) is 17.2 Å². The van der Waals surface area contributed by atoms with Crippen LogP contribution in [0.1, 0.15) is 68.2 Å². The fourth-order valence-corrected chi connectivity index (χ4v) is 7.66. The Morgan fingerprint density at radius 1 is 0.976 bits per heavy atom. The molecule has 4 rings (SSSR count). The summed E-state index contributed by atoms with van der Waals surface area (Å²) in [6.07, 6.45) is 3.64. The van der Waals surface area contributed by atoms with Crippen molar-refractivity contribution in [3.63, 3.8) is 0 Å². The zero-order valence-electron chi connectivity index (χ0n) is 22.2. The van der Waals surface area contributed by atoms with Crippen LogP contribution in [0, 0.1) is 0 Å². The van der Waals surface area contributed by atoms with Gasteiger partial charge in [0.25, 0.3) is 5.91 Å². The molecular formula is C28H24Cl4N2O6S2. The Balaban J connectivity index is 1.51. The number of hydrogen-bond donors (Lipinski definition) is 3. The van der Waals surface area contributed by atoms with E-state index in [9.17, 15) is 24.3 Å². The highest BCUT2D eigenvalue weighted by atomic mass is 35.5. The van der Waals surface area contributed by atoms with Gasteiger partial charge in [-0.3, -0.25) is 9.59 Å². The average molecular weight is 690 g/mol. The normalized spacial score (nSPS) is 13.2. The highest BCUT2D eigenvalue weighted by Crippen LogP contribution is 2.42. The number of carboxylic acids is 1. The van der Waals surface area contributed by atoms with E-state index in [0.717, 1.165) is 36.1 Å². The molecule has 0 radical (unpaired) electrons. The number of thiophene rings is 1. The molecule has 2 aromatic carbocycles. The second kappa shape index (κ2) is 13.9. The molecule has 0 aliphatic heterocycles. The number of fused-ring (bicyclic) bond motifs is 1. The van der Waals surface area contributed by atoms with Crippen LogP contribution in [0.4, 0.5) is 10.7 Å². The number of nitrogens with one attached hydrogen (secondary N) is 2. The smallest absolute Gasteiger partial charge is 0.341 e. The quantitative estimate of drug-likeness (QED) is 0.0891. The summed E-state index contributed by atoms with van der Waals surface area (Å²) in [6, 6.07) is 6.62. The lowest BCUT2D eigenvalue weighted by Crippen LogP contribution is -2.23. The van der Waals surface area contributed by atoms with E-state index >= 15 is 0 Å². The third-order valence-corrected chi connectivity index (χ3v) is 10.5. The van der Waals surface area contributed by atoms with Gasteiger partial charge in [-0.25, -0.2) is 9.59 Å². The number of thioether (sulfide) groups is 1. The summed E-state index contributed by atoms with van der Waals surface area (Å²) >= 11 is 26.9. The van der Waals surface area contributed by atoms with Gasteiger partial charge in [0.15, 0.2) is 0 Å². The Morgan fingerprint density at radius 3 is 2.31 bits per heavy atom.